The Hall–Kier alpha value is -2.57. The molecule has 5 aromatic rings. The van der Waals surface area contributed by atoms with E-state index in [4.69, 9.17) is 0 Å². The van der Waals surface area contributed by atoms with E-state index < -0.39 is 8.07 Å². The summed E-state index contributed by atoms with van der Waals surface area (Å²) in [5, 5.41) is 12.6. The van der Waals surface area contributed by atoms with Crippen LogP contribution in [0, 0.1) is 6.92 Å². The number of pyridine rings is 1. The second-order valence-electron chi connectivity index (χ2n) is 8.47. The van der Waals surface area contributed by atoms with Gasteiger partial charge in [-0.05, 0) is 29.3 Å². The Morgan fingerprint density at radius 1 is 1.07 bits per heavy atom. The molecule has 0 atom stereocenters. The molecule has 0 amide bonds. The maximum Gasteiger partial charge on any atom is 0.232 e. The first-order valence-corrected chi connectivity index (χ1v) is 13.8. The fourth-order valence-electron chi connectivity index (χ4n) is 4.15. The second-order valence-corrected chi connectivity index (χ2v) is 14.5. The maximum atomic E-state index is 4.28. The van der Waals surface area contributed by atoms with Crippen molar-refractivity contribution in [2.24, 2.45) is 7.05 Å². The summed E-state index contributed by atoms with van der Waals surface area (Å²) in [4.78, 5) is 0.936. The molecule has 0 unspecified atom stereocenters. The molecule has 0 N–H and O–H groups in total. The van der Waals surface area contributed by atoms with Gasteiger partial charge in [-0.3, -0.25) is 4.40 Å². The summed E-state index contributed by atoms with van der Waals surface area (Å²) < 4.78 is 5.59. The van der Waals surface area contributed by atoms with Crippen molar-refractivity contribution in [3.05, 3.63) is 54.5 Å². The third kappa shape index (κ3) is 2.44. The van der Waals surface area contributed by atoms with E-state index in [1.54, 1.807) is 17.7 Å². The zero-order valence-corrected chi connectivity index (χ0v) is 18.6. The fourth-order valence-corrected chi connectivity index (χ4v) is 6.89. The minimum atomic E-state index is -1.52. The average Bonchev–Trinajstić information content (AvgIpc) is 3.23. The lowest BCUT2D eigenvalue weighted by atomic mass is 9.97. The van der Waals surface area contributed by atoms with Gasteiger partial charge in [0, 0.05) is 6.07 Å². The molecule has 0 aliphatic rings. The molecule has 4 nitrogen and oxygen atoms in total. The molecule has 0 aliphatic carbocycles. The maximum absolute atomic E-state index is 4.28. The molecule has 6 heteroatoms. The Morgan fingerprint density at radius 2 is 1.82 bits per heavy atom. The lowest BCUT2D eigenvalue weighted by Gasteiger charge is -2.22. The summed E-state index contributed by atoms with van der Waals surface area (Å²) in [7, 11) is 0.615. The normalized spacial score (nSPS) is 12.5. The molecule has 0 radical (unpaired) electrons. The van der Waals surface area contributed by atoms with Crippen molar-refractivity contribution >= 4 is 50.5 Å². The molecule has 2 aromatic carbocycles. The van der Waals surface area contributed by atoms with Gasteiger partial charge in [-0.25, -0.2) is 0 Å². The van der Waals surface area contributed by atoms with Crippen molar-refractivity contribution in [2.75, 3.05) is 0 Å². The summed E-state index contributed by atoms with van der Waals surface area (Å²) in [6.07, 6.45) is 3.95. The predicted octanol–water partition coefficient (Wildman–Crippen LogP) is 4.44. The Balaban J connectivity index is 1.95. The number of fused-ring (bicyclic) bond motifs is 4. The van der Waals surface area contributed by atoms with Crippen LogP contribution in [0.4, 0.5) is 0 Å². The summed E-state index contributed by atoms with van der Waals surface area (Å²) in [5.74, 6) is 0. The van der Waals surface area contributed by atoms with Gasteiger partial charge in [-0.15, -0.1) is 10.2 Å². The van der Waals surface area contributed by atoms with Gasteiger partial charge < -0.3 is 0 Å². The molecule has 0 aliphatic heterocycles. The van der Waals surface area contributed by atoms with Crippen molar-refractivity contribution < 1.29 is 4.57 Å². The van der Waals surface area contributed by atoms with E-state index in [1.165, 1.54) is 43.0 Å². The Morgan fingerprint density at radius 3 is 2.57 bits per heavy atom. The highest BCUT2D eigenvalue weighted by Gasteiger charge is 2.26. The van der Waals surface area contributed by atoms with Crippen LogP contribution in [0.1, 0.15) is 5.56 Å². The van der Waals surface area contributed by atoms with E-state index in [2.05, 4.69) is 95.4 Å². The van der Waals surface area contributed by atoms with Crippen LogP contribution in [-0.2, 0) is 7.05 Å². The minimum absolute atomic E-state index is 0.936. The van der Waals surface area contributed by atoms with Crippen LogP contribution in [0.25, 0.3) is 37.2 Å². The van der Waals surface area contributed by atoms with Crippen LogP contribution >= 0.6 is 11.3 Å². The number of thiazole rings is 1. The zero-order chi connectivity index (χ0) is 19.6. The summed E-state index contributed by atoms with van der Waals surface area (Å²) in [5.41, 5.74) is 5.09. The van der Waals surface area contributed by atoms with Crippen LogP contribution < -0.4 is 9.75 Å². The van der Waals surface area contributed by atoms with Crippen LogP contribution in [0.3, 0.4) is 0 Å². The molecule has 0 spiro atoms. The Bertz CT molecular complexity index is 1370. The largest absolute Gasteiger partial charge is 0.272 e. The monoisotopic (exact) mass is 403 g/mol. The minimum Gasteiger partial charge on any atom is -0.272 e. The summed E-state index contributed by atoms with van der Waals surface area (Å²) in [6.45, 7) is 9.54. The van der Waals surface area contributed by atoms with E-state index in [0.29, 0.717) is 0 Å². The van der Waals surface area contributed by atoms with Crippen molar-refractivity contribution in [3.8, 4) is 11.3 Å². The van der Waals surface area contributed by atoms with Gasteiger partial charge in [0.25, 0.3) is 0 Å². The highest BCUT2D eigenvalue weighted by atomic mass is 32.1. The van der Waals surface area contributed by atoms with E-state index in [1.807, 2.05) is 0 Å². The number of nitrogens with zero attached hydrogens (tertiary/aromatic N) is 4. The van der Waals surface area contributed by atoms with Gasteiger partial charge in [0.1, 0.15) is 18.1 Å². The lowest BCUT2D eigenvalue weighted by molar-refractivity contribution is -0.659. The van der Waals surface area contributed by atoms with Crippen molar-refractivity contribution in [2.45, 2.75) is 26.6 Å². The molecule has 0 bridgehead atoms. The first-order chi connectivity index (χ1) is 13.4. The quantitative estimate of drug-likeness (QED) is 0.322. The molecule has 0 fully saturated rings. The van der Waals surface area contributed by atoms with E-state index in [9.17, 15) is 0 Å². The van der Waals surface area contributed by atoms with Crippen molar-refractivity contribution in [1.82, 2.24) is 14.6 Å². The lowest BCUT2D eigenvalue weighted by Crippen LogP contribution is -2.39. The number of rotatable bonds is 2. The van der Waals surface area contributed by atoms with Gasteiger partial charge in [0.05, 0.1) is 19.2 Å². The highest BCUT2D eigenvalue weighted by Crippen LogP contribution is 2.35. The van der Waals surface area contributed by atoms with Crippen LogP contribution in [0.5, 0.6) is 0 Å². The smallest absolute Gasteiger partial charge is 0.232 e. The van der Waals surface area contributed by atoms with Crippen molar-refractivity contribution in [3.63, 3.8) is 0 Å². The van der Waals surface area contributed by atoms with E-state index in [-0.39, 0.29) is 0 Å². The molecular weight excluding hydrogens is 380 g/mol. The third-order valence-electron chi connectivity index (χ3n) is 5.60. The molecule has 0 saturated carbocycles. The molecule has 0 saturated heterocycles. The number of benzene rings is 2. The molecule has 28 heavy (non-hydrogen) atoms. The van der Waals surface area contributed by atoms with Crippen LogP contribution in [-0.4, -0.2) is 22.7 Å². The van der Waals surface area contributed by atoms with Crippen molar-refractivity contribution in [1.29, 1.82) is 0 Å². The average molecular weight is 404 g/mol. The zero-order valence-electron chi connectivity index (χ0n) is 16.8. The molecular formula is C22H23N4SSi+. The fraction of sp³-hybridized carbons (Fsp3) is 0.227. The number of hydrogen-bond acceptors (Lipinski definition) is 3. The van der Waals surface area contributed by atoms with Gasteiger partial charge >= 0.3 is 0 Å². The molecule has 5 rings (SSSR count). The Labute approximate surface area is 169 Å². The molecule has 3 aromatic heterocycles. The number of aromatic nitrogens is 4. The van der Waals surface area contributed by atoms with Gasteiger partial charge in [0.15, 0.2) is 6.20 Å². The standard InChI is InChI=1S/C22H23N4SSi/c1-14-15-8-6-7-9-16(15)19(28(3,4)5)12-17(14)20-21-18(10-11-25(20)2)26-13-23-24-22(26)27-21/h6-13H,1-5H3/q+1. The van der Waals surface area contributed by atoms with E-state index >= 15 is 0 Å². The topological polar surface area (TPSA) is 34.1 Å². The third-order valence-corrected chi connectivity index (χ3v) is 8.70. The Kier molecular flexibility index (Phi) is 3.73. The second kappa shape index (κ2) is 5.96. The van der Waals surface area contributed by atoms with Gasteiger partial charge in [0.2, 0.25) is 10.7 Å². The predicted molar refractivity (Wildman–Crippen MR) is 120 cm³/mol. The first kappa shape index (κ1) is 17.5. The molecule has 140 valence electrons. The highest BCUT2D eigenvalue weighted by molar-refractivity contribution is 7.24. The molecule has 3 heterocycles. The van der Waals surface area contributed by atoms with Crippen LogP contribution in [0.15, 0.2) is 48.9 Å². The van der Waals surface area contributed by atoms with Crippen LogP contribution in [0.2, 0.25) is 19.6 Å². The number of aryl methyl sites for hydroxylation is 2. The summed E-state index contributed by atoms with van der Waals surface area (Å²) in [6, 6.07) is 13.5. The summed E-state index contributed by atoms with van der Waals surface area (Å²) >= 11 is 1.71. The van der Waals surface area contributed by atoms with Gasteiger partial charge in [-0.1, -0.05) is 60.4 Å². The number of hydrogen-bond donors (Lipinski definition) is 0. The van der Waals surface area contributed by atoms with Gasteiger partial charge in [-0.2, -0.15) is 4.57 Å². The first-order valence-electron chi connectivity index (χ1n) is 9.50. The van der Waals surface area contributed by atoms with E-state index in [0.717, 1.165) is 4.96 Å². The SMILES string of the molecule is Cc1c(-c2c3sc4nncn4c3cc[n+]2C)cc([Si](C)(C)C)c2ccccc12.